The van der Waals surface area contributed by atoms with Crippen LogP contribution in [0.15, 0.2) is 24.3 Å². The van der Waals surface area contributed by atoms with Gasteiger partial charge in [0.2, 0.25) is 0 Å². The van der Waals surface area contributed by atoms with E-state index < -0.39 is 20.4 Å². The van der Waals surface area contributed by atoms with Gasteiger partial charge in [0.15, 0.2) is 0 Å². The summed E-state index contributed by atoms with van der Waals surface area (Å²) in [7, 11) is -2.20. The van der Waals surface area contributed by atoms with Gasteiger partial charge < -0.3 is 19.6 Å². The van der Waals surface area contributed by atoms with Gasteiger partial charge >= 0.3 is 12.1 Å². The molecule has 2 atom stereocenters. The lowest BCUT2D eigenvalue weighted by Crippen LogP contribution is -2.48. The lowest BCUT2D eigenvalue weighted by Gasteiger charge is -2.36. The van der Waals surface area contributed by atoms with Crippen LogP contribution in [0.1, 0.15) is 37.8 Å². The number of carboxylic acid groups (broad SMARTS) is 1. The van der Waals surface area contributed by atoms with E-state index in [9.17, 15) is 9.59 Å². The molecule has 1 aliphatic carbocycles. The molecule has 0 heterocycles. The maximum absolute atomic E-state index is 12.5. The summed E-state index contributed by atoms with van der Waals surface area (Å²) < 4.78 is 11.1. The number of carboxylic acids is 1. The highest BCUT2D eigenvalue weighted by Crippen LogP contribution is 2.37. The first-order valence-electron chi connectivity index (χ1n) is 8.88. The number of aliphatic carboxylic acids is 1. The average Bonchev–Trinajstić information content (AvgIpc) is 2.83. The van der Waals surface area contributed by atoms with Gasteiger partial charge in [0, 0.05) is 12.0 Å². The number of hydrogen-bond acceptors (Lipinski definition) is 4. The molecule has 2 N–H and O–H groups in total. The van der Waals surface area contributed by atoms with Crippen molar-refractivity contribution in [1.82, 2.24) is 5.32 Å². The third-order valence-electron chi connectivity index (χ3n) is 5.36. The summed E-state index contributed by atoms with van der Waals surface area (Å²) in [5.74, 6) is -1.09. The van der Waals surface area contributed by atoms with Crippen molar-refractivity contribution < 1.29 is 23.9 Å². The van der Waals surface area contributed by atoms with Crippen molar-refractivity contribution in [2.75, 3.05) is 13.2 Å². The van der Waals surface area contributed by atoms with Crippen LogP contribution in [-0.2, 0) is 20.4 Å². The summed E-state index contributed by atoms with van der Waals surface area (Å²) in [5.41, 5.74) is 2.24. The molecule has 1 aromatic rings. The van der Waals surface area contributed by atoms with Crippen LogP contribution in [0.25, 0.3) is 0 Å². The largest absolute Gasteiger partial charge is 0.504 e. The first-order chi connectivity index (χ1) is 12.0. The van der Waals surface area contributed by atoms with Crippen molar-refractivity contribution in [3.8, 4) is 0 Å². The number of nitrogens with one attached hydrogen (secondary N) is 1. The number of hydrogen-bond donors (Lipinski definition) is 2. The van der Waals surface area contributed by atoms with Crippen molar-refractivity contribution in [3.63, 3.8) is 0 Å². The molecule has 0 bridgehead atoms. The topological polar surface area (TPSA) is 84.9 Å². The summed E-state index contributed by atoms with van der Waals surface area (Å²) in [5, 5.41) is 11.7. The predicted molar refractivity (Wildman–Crippen MR) is 102 cm³/mol. The fourth-order valence-corrected chi connectivity index (χ4v) is 3.70. The van der Waals surface area contributed by atoms with Gasteiger partial charge in [0.25, 0.3) is 8.32 Å². The van der Waals surface area contributed by atoms with E-state index in [4.69, 9.17) is 14.3 Å². The third kappa shape index (κ3) is 4.85. The summed E-state index contributed by atoms with van der Waals surface area (Å²) in [4.78, 5) is 23.2. The molecule has 1 amide bonds. The van der Waals surface area contributed by atoms with Crippen LogP contribution in [-0.4, -0.2) is 44.7 Å². The lowest BCUT2D eigenvalue weighted by molar-refractivity contribution is -0.142. The standard InChI is InChI=1S/C19H29NO5Si/c1-19(2,3)26(4,5)25-18(23)20-16-10-13-8-6-7-9-14(13)15(16)11-24-12-17(21)22/h6-9,15-16H,10-12H2,1-5H3,(H,20,23)(H,21,22)/t15-,16-/m1/s1. The van der Waals surface area contributed by atoms with Crippen LogP contribution in [0.4, 0.5) is 4.79 Å². The molecule has 0 spiro atoms. The lowest BCUT2D eigenvalue weighted by atomic mass is 9.99. The molecular weight excluding hydrogens is 350 g/mol. The normalized spacial score (nSPS) is 19.7. The Balaban J connectivity index is 2.07. The highest BCUT2D eigenvalue weighted by atomic mass is 28.4. The Labute approximate surface area is 156 Å². The Hall–Kier alpha value is -1.86. The van der Waals surface area contributed by atoms with E-state index in [1.54, 1.807) is 0 Å². The first-order valence-corrected chi connectivity index (χ1v) is 11.8. The molecule has 0 fully saturated rings. The highest BCUT2D eigenvalue weighted by molar-refractivity contribution is 6.75. The predicted octanol–water partition coefficient (Wildman–Crippen LogP) is 3.53. The Kier molecular flexibility index (Phi) is 6.13. The number of rotatable bonds is 6. The minimum absolute atomic E-state index is 0.0625. The van der Waals surface area contributed by atoms with Gasteiger partial charge in [0.1, 0.15) is 6.61 Å². The molecule has 0 aliphatic heterocycles. The number of ether oxygens (including phenoxy) is 1. The SMILES string of the molecule is CC(C)(C)[Si](C)(C)OC(=O)N[C@@H]1Cc2ccccc2[C@H]1COCC(=O)O. The Morgan fingerprint density at radius 3 is 2.54 bits per heavy atom. The molecule has 0 aromatic heterocycles. The van der Waals surface area contributed by atoms with Crippen molar-refractivity contribution in [3.05, 3.63) is 35.4 Å². The molecule has 1 aliphatic rings. The molecular formula is C19H29NO5Si. The van der Waals surface area contributed by atoms with Crippen LogP contribution < -0.4 is 5.32 Å². The van der Waals surface area contributed by atoms with Gasteiger partial charge in [-0.2, -0.15) is 0 Å². The van der Waals surface area contributed by atoms with E-state index in [0.717, 1.165) is 11.1 Å². The monoisotopic (exact) mass is 379 g/mol. The second-order valence-corrected chi connectivity index (χ2v) is 13.0. The second-order valence-electron chi connectivity index (χ2n) is 8.32. The molecule has 6 nitrogen and oxygen atoms in total. The van der Waals surface area contributed by atoms with Gasteiger partial charge in [-0.3, -0.25) is 0 Å². The molecule has 2 rings (SSSR count). The molecule has 0 radical (unpaired) electrons. The minimum atomic E-state index is -2.20. The number of carbonyl (C=O) groups is 2. The minimum Gasteiger partial charge on any atom is -0.504 e. The fraction of sp³-hybridized carbons (Fsp3) is 0.579. The van der Waals surface area contributed by atoms with Gasteiger partial charge in [-0.1, -0.05) is 45.0 Å². The number of amides is 1. The smallest absolute Gasteiger partial charge is 0.393 e. The van der Waals surface area contributed by atoms with E-state index in [0.29, 0.717) is 6.42 Å². The van der Waals surface area contributed by atoms with Crippen LogP contribution in [0.2, 0.25) is 18.1 Å². The van der Waals surface area contributed by atoms with Gasteiger partial charge in [-0.05, 0) is 35.7 Å². The van der Waals surface area contributed by atoms with Crippen molar-refractivity contribution in [2.24, 2.45) is 0 Å². The zero-order chi connectivity index (χ0) is 19.5. The van der Waals surface area contributed by atoms with Crippen LogP contribution >= 0.6 is 0 Å². The highest BCUT2D eigenvalue weighted by Gasteiger charge is 2.41. The van der Waals surface area contributed by atoms with Crippen molar-refractivity contribution in [1.29, 1.82) is 0 Å². The van der Waals surface area contributed by atoms with Gasteiger partial charge in [-0.15, -0.1) is 0 Å². The van der Waals surface area contributed by atoms with Crippen LogP contribution in [0.3, 0.4) is 0 Å². The molecule has 0 unspecified atom stereocenters. The Bertz CT molecular complexity index is 668. The van der Waals surface area contributed by atoms with Gasteiger partial charge in [0.05, 0.1) is 6.61 Å². The molecule has 144 valence electrons. The summed E-state index contributed by atoms with van der Waals surface area (Å²) >= 11 is 0. The maximum Gasteiger partial charge on any atom is 0.393 e. The Morgan fingerprint density at radius 2 is 1.92 bits per heavy atom. The van der Waals surface area contributed by atoms with E-state index >= 15 is 0 Å². The zero-order valence-electron chi connectivity index (χ0n) is 16.2. The molecule has 7 heteroatoms. The van der Waals surface area contributed by atoms with Gasteiger partial charge in [-0.25, -0.2) is 9.59 Å². The quantitative estimate of drug-likeness (QED) is 0.739. The number of carbonyl (C=O) groups excluding carboxylic acids is 1. The fourth-order valence-electron chi connectivity index (χ4n) is 2.87. The van der Waals surface area contributed by atoms with Crippen LogP contribution in [0, 0.1) is 0 Å². The first kappa shape index (κ1) is 20.4. The van der Waals surface area contributed by atoms with E-state index in [1.807, 2.05) is 37.4 Å². The number of fused-ring (bicyclic) bond motifs is 1. The summed E-state index contributed by atoms with van der Waals surface area (Å²) in [6, 6.07) is 7.77. The summed E-state index contributed by atoms with van der Waals surface area (Å²) in [6.45, 7) is 10.2. The third-order valence-corrected chi connectivity index (χ3v) is 9.67. The van der Waals surface area contributed by atoms with E-state index in [2.05, 4.69) is 26.1 Å². The van der Waals surface area contributed by atoms with Crippen molar-refractivity contribution in [2.45, 2.75) is 57.3 Å². The summed E-state index contributed by atoms with van der Waals surface area (Å²) in [6.07, 6.45) is 0.279. The van der Waals surface area contributed by atoms with Crippen molar-refractivity contribution >= 4 is 20.4 Å². The molecule has 0 saturated heterocycles. The second kappa shape index (κ2) is 7.80. The maximum atomic E-state index is 12.5. The van der Waals surface area contributed by atoms with E-state index in [-0.39, 0.29) is 30.2 Å². The van der Waals surface area contributed by atoms with Crippen LogP contribution in [0.5, 0.6) is 0 Å². The molecule has 1 aromatic carbocycles. The Morgan fingerprint density at radius 1 is 1.27 bits per heavy atom. The zero-order valence-corrected chi connectivity index (χ0v) is 17.2. The molecule has 0 saturated carbocycles. The number of benzene rings is 1. The molecule has 26 heavy (non-hydrogen) atoms. The van der Waals surface area contributed by atoms with E-state index in [1.165, 1.54) is 0 Å². The average molecular weight is 380 g/mol.